The first-order chi connectivity index (χ1) is 10.1. The molecular formula is C17H19FN2O. The van der Waals surface area contributed by atoms with E-state index < -0.39 is 0 Å². The smallest absolute Gasteiger partial charge is 0.251 e. The van der Waals surface area contributed by atoms with Crippen LogP contribution in [0.3, 0.4) is 0 Å². The molecule has 3 N–H and O–H groups in total. The van der Waals surface area contributed by atoms with E-state index in [1.54, 1.807) is 37.3 Å². The van der Waals surface area contributed by atoms with Crippen LogP contribution in [0.15, 0.2) is 48.5 Å². The molecule has 1 amide bonds. The Morgan fingerprint density at radius 1 is 1.19 bits per heavy atom. The molecule has 3 nitrogen and oxygen atoms in total. The second-order valence-electron chi connectivity index (χ2n) is 4.95. The molecule has 2 aromatic rings. The highest BCUT2D eigenvalue weighted by molar-refractivity contribution is 5.94. The maximum Gasteiger partial charge on any atom is 0.251 e. The van der Waals surface area contributed by atoms with Crippen LogP contribution in [0.25, 0.3) is 0 Å². The highest BCUT2D eigenvalue weighted by Gasteiger charge is 2.14. The first kappa shape index (κ1) is 15.2. The van der Waals surface area contributed by atoms with Crippen molar-refractivity contribution in [1.82, 2.24) is 5.32 Å². The number of nitrogens with one attached hydrogen (secondary N) is 1. The van der Waals surface area contributed by atoms with Gasteiger partial charge in [-0.1, -0.05) is 30.3 Å². The molecule has 0 aliphatic rings. The fourth-order valence-electron chi connectivity index (χ4n) is 2.17. The van der Waals surface area contributed by atoms with Gasteiger partial charge in [0.15, 0.2) is 0 Å². The van der Waals surface area contributed by atoms with Crippen LogP contribution < -0.4 is 11.1 Å². The number of hydrogen-bond acceptors (Lipinski definition) is 2. The molecular weight excluding hydrogens is 267 g/mol. The number of benzene rings is 2. The molecule has 4 heteroatoms. The Morgan fingerprint density at radius 3 is 2.48 bits per heavy atom. The Hall–Kier alpha value is -2.20. The van der Waals surface area contributed by atoms with E-state index in [1.165, 1.54) is 6.07 Å². The van der Waals surface area contributed by atoms with Crippen molar-refractivity contribution >= 4 is 5.91 Å². The third-order valence-electron chi connectivity index (χ3n) is 3.37. The second-order valence-corrected chi connectivity index (χ2v) is 4.95. The van der Waals surface area contributed by atoms with Crippen molar-refractivity contribution in [3.8, 4) is 0 Å². The van der Waals surface area contributed by atoms with E-state index in [4.69, 9.17) is 5.73 Å². The van der Waals surface area contributed by atoms with Gasteiger partial charge in [-0.15, -0.1) is 0 Å². The maximum absolute atomic E-state index is 13.7. The van der Waals surface area contributed by atoms with Crippen LogP contribution in [0.4, 0.5) is 4.39 Å². The maximum atomic E-state index is 13.7. The quantitative estimate of drug-likeness (QED) is 0.888. The van der Waals surface area contributed by atoms with Crippen LogP contribution in [0.5, 0.6) is 0 Å². The summed E-state index contributed by atoms with van der Waals surface area (Å²) < 4.78 is 13.7. The van der Waals surface area contributed by atoms with Gasteiger partial charge in [0, 0.05) is 11.1 Å². The van der Waals surface area contributed by atoms with E-state index in [2.05, 4.69) is 5.32 Å². The van der Waals surface area contributed by atoms with Crippen molar-refractivity contribution < 1.29 is 9.18 Å². The van der Waals surface area contributed by atoms with Crippen molar-refractivity contribution in [2.75, 3.05) is 6.54 Å². The zero-order chi connectivity index (χ0) is 15.2. The Bertz CT molecular complexity index is 610. The van der Waals surface area contributed by atoms with Crippen LogP contribution in [0.1, 0.15) is 34.5 Å². The summed E-state index contributed by atoms with van der Waals surface area (Å²) in [5, 5.41) is 2.80. The largest absolute Gasteiger partial charge is 0.345 e. The van der Waals surface area contributed by atoms with Crippen molar-refractivity contribution in [3.63, 3.8) is 0 Å². The average Bonchev–Trinajstić information content (AvgIpc) is 2.48. The minimum Gasteiger partial charge on any atom is -0.345 e. The topological polar surface area (TPSA) is 55.1 Å². The number of carbonyl (C=O) groups is 1. The Labute approximate surface area is 124 Å². The SMILES string of the molecule is C[C@@H](NC(=O)c1ccc(CCN)cc1)c1ccccc1F. The molecule has 1 atom stereocenters. The number of nitrogens with two attached hydrogens (primary N) is 1. The first-order valence-electron chi connectivity index (χ1n) is 6.96. The van der Waals surface area contributed by atoms with Crippen LogP contribution >= 0.6 is 0 Å². The fraction of sp³-hybridized carbons (Fsp3) is 0.235. The number of carbonyl (C=O) groups excluding carboxylic acids is 1. The summed E-state index contributed by atoms with van der Waals surface area (Å²) in [7, 11) is 0. The lowest BCUT2D eigenvalue weighted by molar-refractivity contribution is 0.0939. The van der Waals surface area contributed by atoms with E-state index >= 15 is 0 Å². The molecule has 2 aromatic carbocycles. The lowest BCUT2D eigenvalue weighted by atomic mass is 10.1. The van der Waals surface area contributed by atoms with E-state index in [0.29, 0.717) is 17.7 Å². The van der Waals surface area contributed by atoms with Gasteiger partial charge in [-0.25, -0.2) is 4.39 Å². The third kappa shape index (κ3) is 3.89. The summed E-state index contributed by atoms with van der Waals surface area (Å²) in [6.07, 6.45) is 0.785. The molecule has 0 radical (unpaired) electrons. The van der Waals surface area contributed by atoms with Gasteiger partial charge in [0.25, 0.3) is 5.91 Å². The first-order valence-corrected chi connectivity index (χ1v) is 6.96. The van der Waals surface area contributed by atoms with Crippen molar-refractivity contribution in [3.05, 3.63) is 71.0 Å². The number of amides is 1. The molecule has 110 valence electrons. The Balaban J connectivity index is 2.05. The van der Waals surface area contributed by atoms with Crippen molar-refractivity contribution in [1.29, 1.82) is 0 Å². The normalized spacial score (nSPS) is 12.0. The minimum absolute atomic E-state index is 0.218. The van der Waals surface area contributed by atoms with Gasteiger partial charge >= 0.3 is 0 Å². The molecule has 0 bridgehead atoms. The molecule has 21 heavy (non-hydrogen) atoms. The summed E-state index contributed by atoms with van der Waals surface area (Å²) in [5.41, 5.74) is 7.61. The summed E-state index contributed by atoms with van der Waals surface area (Å²) in [4.78, 5) is 12.2. The van der Waals surface area contributed by atoms with Gasteiger partial charge in [-0.05, 0) is 43.7 Å². The highest BCUT2D eigenvalue weighted by atomic mass is 19.1. The van der Waals surface area contributed by atoms with Gasteiger partial charge in [-0.2, -0.15) is 0 Å². The van der Waals surface area contributed by atoms with Gasteiger partial charge in [0.2, 0.25) is 0 Å². The molecule has 0 unspecified atom stereocenters. The zero-order valence-corrected chi connectivity index (χ0v) is 12.0. The Kier molecular flexibility index (Phi) is 5.06. The van der Waals surface area contributed by atoms with Crippen molar-refractivity contribution in [2.45, 2.75) is 19.4 Å². The summed E-state index contributed by atoms with van der Waals surface area (Å²) in [5.74, 6) is -0.534. The van der Waals surface area contributed by atoms with Crippen molar-refractivity contribution in [2.24, 2.45) is 5.73 Å². The van der Waals surface area contributed by atoms with Crippen LogP contribution in [0, 0.1) is 5.82 Å². The van der Waals surface area contributed by atoms with Crippen LogP contribution in [0.2, 0.25) is 0 Å². The van der Waals surface area contributed by atoms with Crippen LogP contribution in [-0.2, 0) is 6.42 Å². The zero-order valence-electron chi connectivity index (χ0n) is 12.0. The molecule has 0 aromatic heterocycles. The highest BCUT2D eigenvalue weighted by Crippen LogP contribution is 2.16. The summed E-state index contributed by atoms with van der Waals surface area (Å²) >= 11 is 0. The lowest BCUT2D eigenvalue weighted by Gasteiger charge is -2.15. The number of hydrogen-bond donors (Lipinski definition) is 2. The summed E-state index contributed by atoms with van der Waals surface area (Å²) in [6, 6.07) is 13.3. The number of rotatable bonds is 5. The molecule has 0 heterocycles. The molecule has 0 aliphatic carbocycles. The monoisotopic (exact) mass is 286 g/mol. The summed E-state index contributed by atoms with van der Waals surface area (Å²) in [6.45, 7) is 2.34. The van der Waals surface area contributed by atoms with Gasteiger partial charge in [0.05, 0.1) is 6.04 Å². The average molecular weight is 286 g/mol. The fourth-order valence-corrected chi connectivity index (χ4v) is 2.17. The standard InChI is InChI=1S/C17H19FN2O/c1-12(15-4-2-3-5-16(15)18)20-17(21)14-8-6-13(7-9-14)10-11-19/h2-9,12H,10-11,19H2,1H3,(H,20,21)/t12-/m1/s1. The molecule has 0 saturated carbocycles. The van der Waals surface area contributed by atoms with E-state index in [9.17, 15) is 9.18 Å². The van der Waals surface area contributed by atoms with Gasteiger partial charge in [-0.3, -0.25) is 4.79 Å². The molecule has 2 rings (SSSR count). The predicted molar refractivity (Wildman–Crippen MR) is 81.5 cm³/mol. The number of halogens is 1. The van der Waals surface area contributed by atoms with Gasteiger partial charge < -0.3 is 11.1 Å². The minimum atomic E-state index is -0.387. The molecule has 0 spiro atoms. The van der Waals surface area contributed by atoms with E-state index in [-0.39, 0.29) is 17.8 Å². The molecule has 0 fully saturated rings. The molecule has 0 saturated heterocycles. The lowest BCUT2D eigenvalue weighted by Crippen LogP contribution is -2.27. The molecule has 0 aliphatic heterocycles. The van der Waals surface area contributed by atoms with E-state index in [0.717, 1.165) is 12.0 Å². The third-order valence-corrected chi connectivity index (χ3v) is 3.37. The van der Waals surface area contributed by atoms with E-state index in [1.807, 2.05) is 12.1 Å². The predicted octanol–water partition coefficient (Wildman–Crippen LogP) is 2.82. The second kappa shape index (κ2) is 6.99. The Morgan fingerprint density at radius 2 is 1.86 bits per heavy atom. The van der Waals surface area contributed by atoms with Crippen LogP contribution in [-0.4, -0.2) is 12.5 Å². The van der Waals surface area contributed by atoms with Gasteiger partial charge in [0.1, 0.15) is 5.82 Å².